The minimum atomic E-state index is 0.0997. The minimum absolute atomic E-state index is 0.0997. The maximum Gasteiger partial charge on any atom is 0.156 e. The van der Waals surface area contributed by atoms with Gasteiger partial charge in [-0.05, 0) is 41.9 Å². The van der Waals surface area contributed by atoms with Gasteiger partial charge in [-0.1, -0.05) is 6.07 Å². The standard InChI is InChI=1S/C14H21BrN2O2/c1-10(2)17-6-7-18-11(8-17)9-19-14-12(15)4-3-5-13(14)16/h3-5,10-11H,6-9,16H2,1-2H3. The van der Waals surface area contributed by atoms with Crippen LogP contribution in [0.25, 0.3) is 0 Å². The third kappa shape index (κ3) is 3.84. The summed E-state index contributed by atoms with van der Waals surface area (Å²) in [7, 11) is 0. The highest BCUT2D eigenvalue weighted by atomic mass is 79.9. The number of anilines is 1. The molecule has 5 heteroatoms. The first-order valence-electron chi connectivity index (χ1n) is 6.60. The summed E-state index contributed by atoms with van der Waals surface area (Å²) in [4.78, 5) is 2.40. The Bertz CT molecular complexity index is 406. The van der Waals surface area contributed by atoms with Gasteiger partial charge in [0.25, 0.3) is 0 Å². The van der Waals surface area contributed by atoms with E-state index in [0.29, 0.717) is 24.1 Å². The molecule has 1 aliphatic rings. The van der Waals surface area contributed by atoms with Crippen LogP contribution in [0.1, 0.15) is 13.8 Å². The van der Waals surface area contributed by atoms with Gasteiger partial charge in [-0.2, -0.15) is 0 Å². The van der Waals surface area contributed by atoms with Gasteiger partial charge in [-0.15, -0.1) is 0 Å². The summed E-state index contributed by atoms with van der Waals surface area (Å²) in [6, 6.07) is 6.19. The molecule has 1 atom stereocenters. The maximum atomic E-state index is 5.91. The number of hydrogen-bond acceptors (Lipinski definition) is 4. The van der Waals surface area contributed by atoms with E-state index in [9.17, 15) is 0 Å². The molecule has 106 valence electrons. The lowest BCUT2D eigenvalue weighted by atomic mass is 10.2. The number of hydrogen-bond donors (Lipinski definition) is 1. The van der Waals surface area contributed by atoms with E-state index in [2.05, 4.69) is 34.7 Å². The molecular weight excluding hydrogens is 308 g/mol. The van der Waals surface area contributed by atoms with E-state index in [4.69, 9.17) is 15.2 Å². The van der Waals surface area contributed by atoms with Crippen LogP contribution in [0.5, 0.6) is 5.75 Å². The minimum Gasteiger partial charge on any atom is -0.487 e. The van der Waals surface area contributed by atoms with Crippen molar-refractivity contribution in [3.05, 3.63) is 22.7 Å². The van der Waals surface area contributed by atoms with Crippen molar-refractivity contribution in [3.8, 4) is 5.75 Å². The number of nitrogens with zero attached hydrogens (tertiary/aromatic N) is 1. The molecule has 1 unspecified atom stereocenters. The number of para-hydroxylation sites is 1. The summed E-state index contributed by atoms with van der Waals surface area (Å²) >= 11 is 3.45. The number of halogens is 1. The summed E-state index contributed by atoms with van der Waals surface area (Å²) < 4.78 is 12.4. The zero-order valence-corrected chi connectivity index (χ0v) is 13.0. The molecule has 1 aromatic rings. The van der Waals surface area contributed by atoms with Crippen molar-refractivity contribution in [2.24, 2.45) is 0 Å². The molecule has 0 spiro atoms. The molecule has 2 rings (SSSR count). The first-order valence-corrected chi connectivity index (χ1v) is 7.39. The van der Waals surface area contributed by atoms with Crippen molar-refractivity contribution in [1.29, 1.82) is 0 Å². The predicted molar refractivity (Wildman–Crippen MR) is 80.5 cm³/mol. The van der Waals surface area contributed by atoms with Crippen molar-refractivity contribution >= 4 is 21.6 Å². The van der Waals surface area contributed by atoms with E-state index in [1.807, 2.05) is 18.2 Å². The van der Waals surface area contributed by atoms with Crippen LogP contribution >= 0.6 is 15.9 Å². The number of nitrogens with two attached hydrogens (primary N) is 1. The molecule has 2 N–H and O–H groups in total. The van der Waals surface area contributed by atoms with Crippen molar-refractivity contribution in [2.75, 3.05) is 32.0 Å². The molecule has 1 fully saturated rings. The zero-order valence-electron chi connectivity index (χ0n) is 11.4. The van der Waals surface area contributed by atoms with Crippen molar-refractivity contribution in [1.82, 2.24) is 4.90 Å². The van der Waals surface area contributed by atoms with E-state index in [-0.39, 0.29) is 6.10 Å². The van der Waals surface area contributed by atoms with E-state index in [1.54, 1.807) is 0 Å². The average Bonchev–Trinajstić information content (AvgIpc) is 2.38. The Balaban J connectivity index is 1.92. The fourth-order valence-corrected chi connectivity index (χ4v) is 2.66. The van der Waals surface area contributed by atoms with Crippen molar-refractivity contribution in [2.45, 2.75) is 26.0 Å². The highest BCUT2D eigenvalue weighted by Gasteiger charge is 2.23. The van der Waals surface area contributed by atoms with Crippen LogP contribution in [-0.2, 0) is 4.74 Å². The molecule has 0 aliphatic carbocycles. The molecule has 0 saturated carbocycles. The summed E-state index contributed by atoms with van der Waals surface area (Å²) in [5, 5.41) is 0. The van der Waals surface area contributed by atoms with E-state index in [1.165, 1.54) is 0 Å². The van der Waals surface area contributed by atoms with Crippen LogP contribution in [0.15, 0.2) is 22.7 Å². The molecule has 0 amide bonds. The van der Waals surface area contributed by atoms with Gasteiger partial charge in [0, 0.05) is 19.1 Å². The Morgan fingerprint density at radius 2 is 2.32 bits per heavy atom. The zero-order chi connectivity index (χ0) is 13.8. The first kappa shape index (κ1) is 14.6. The summed E-state index contributed by atoms with van der Waals surface area (Å²) in [5.41, 5.74) is 6.55. The van der Waals surface area contributed by atoms with Gasteiger partial charge in [0.1, 0.15) is 12.7 Å². The molecule has 1 saturated heterocycles. The Morgan fingerprint density at radius 1 is 1.53 bits per heavy atom. The van der Waals surface area contributed by atoms with Crippen LogP contribution in [0.4, 0.5) is 5.69 Å². The van der Waals surface area contributed by atoms with Gasteiger partial charge in [0.2, 0.25) is 0 Å². The number of benzene rings is 1. The van der Waals surface area contributed by atoms with Crippen LogP contribution in [-0.4, -0.2) is 43.3 Å². The maximum absolute atomic E-state index is 5.91. The lowest BCUT2D eigenvalue weighted by Crippen LogP contribution is -2.47. The Morgan fingerprint density at radius 3 is 3.00 bits per heavy atom. The number of ether oxygens (including phenoxy) is 2. The van der Waals surface area contributed by atoms with E-state index in [0.717, 1.165) is 24.2 Å². The van der Waals surface area contributed by atoms with Gasteiger partial charge in [-0.25, -0.2) is 0 Å². The topological polar surface area (TPSA) is 47.7 Å². The van der Waals surface area contributed by atoms with Crippen molar-refractivity contribution < 1.29 is 9.47 Å². The molecular formula is C14H21BrN2O2. The second kappa shape index (κ2) is 6.59. The molecule has 1 aliphatic heterocycles. The van der Waals surface area contributed by atoms with Crippen LogP contribution in [0.2, 0.25) is 0 Å². The van der Waals surface area contributed by atoms with Gasteiger partial charge in [0.05, 0.1) is 16.8 Å². The highest BCUT2D eigenvalue weighted by molar-refractivity contribution is 9.10. The number of rotatable bonds is 4. The largest absolute Gasteiger partial charge is 0.487 e. The molecule has 4 nitrogen and oxygen atoms in total. The second-order valence-corrected chi connectivity index (χ2v) is 5.91. The van der Waals surface area contributed by atoms with Gasteiger partial charge in [0.15, 0.2) is 5.75 Å². The predicted octanol–water partition coefficient (Wildman–Crippen LogP) is 2.52. The third-order valence-electron chi connectivity index (χ3n) is 3.31. The SMILES string of the molecule is CC(C)N1CCOC(COc2c(N)cccc2Br)C1. The van der Waals surface area contributed by atoms with Gasteiger partial charge < -0.3 is 15.2 Å². The smallest absolute Gasteiger partial charge is 0.156 e. The normalized spacial score (nSPS) is 20.7. The van der Waals surface area contributed by atoms with Gasteiger partial charge >= 0.3 is 0 Å². The highest BCUT2D eigenvalue weighted by Crippen LogP contribution is 2.31. The lowest BCUT2D eigenvalue weighted by Gasteiger charge is -2.35. The summed E-state index contributed by atoms with van der Waals surface area (Å²) in [5.74, 6) is 0.702. The summed E-state index contributed by atoms with van der Waals surface area (Å²) in [6.45, 7) is 7.59. The molecule has 1 aromatic carbocycles. The molecule has 19 heavy (non-hydrogen) atoms. The fraction of sp³-hybridized carbons (Fsp3) is 0.571. The van der Waals surface area contributed by atoms with E-state index >= 15 is 0 Å². The molecule has 0 bridgehead atoms. The quantitative estimate of drug-likeness (QED) is 0.863. The Labute approximate surface area is 123 Å². The average molecular weight is 329 g/mol. The third-order valence-corrected chi connectivity index (χ3v) is 3.94. The first-order chi connectivity index (χ1) is 9.08. The van der Waals surface area contributed by atoms with Crippen LogP contribution < -0.4 is 10.5 Å². The van der Waals surface area contributed by atoms with Crippen molar-refractivity contribution in [3.63, 3.8) is 0 Å². The molecule has 0 aromatic heterocycles. The molecule has 1 heterocycles. The van der Waals surface area contributed by atoms with Crippen LogP contribution in [0.3, 0.4) is 0 Å². The fourth-order valence-electron chi connectivity index (χ4n) is 2.17. The monoisotopic (exact) mass is 328 g/mol. The Hall–Kier alpha value is -0.780. The van der Waals surface area contributed by atoms with Gasteiger partial charge in [-0.3, -0.25) is 4.90 Å². The summed E-state index contributed by atoms with van der Waals surface area (Å²) in [6.07, 6.45) is 0.0997. The van der Waals surface area contributed by atoms with Crippen LogP contribution in [0, 0.1) is 0 Å². The molecule has 0 radical (unpaired) electrons. The number of morpholine rings is 1. The Kier molecular flexibility index (Phi) is 5.07. The number of nitrogen functional groups attached to an aromatic ring is 1. The van der Waals surface area contributed by atoms with E-state index < -0.39 is 0 Å². The second-order valence-electron chi connectivity index (χ2n) is 5.05. The lowest BCUT2D eigenvalue weighted by molar-refractivity contribution is -0.0564.